The third-order valence-electron chi connectivity index (χ3n) is 4.37. The fourth-order valence-electron chi connectivity index (χ4n) is 2.82. The van der Waals surface area contributed by atoms with Gasteiger partial charge in [0.2, 0.25) is 0 Å². The third kappa shape index (κ3) is 4.45. The van der Waals surface area contributed by atoms with Crippen LogP contribution in [0.5, 0.6) is 0 Å². The highest BCUT2D eigenvalue weighted by atomic mass is 16.5. The van der Waals surface area contributed by atoms with Crippen LogP contribution in [0.15, 0.2) is 54.6 Å². The Morgan fingerprint density at radius 3 is 2.04 bits per heavy atom. The predicted octanol–water partition coefficient (Wildman–Crippen LogP) is 4.97. The first-order valence-electron chi connectivity index (χ1n) is 8.56. The highest BCUT2D eigenvalue weighted by Crippen LogP contribution is 2.24. The molecule has 0 aliphatic carbocycles. The van der Waals surface area contributed by atoms with Crippen molar-refractivity contribution in [3.8, 4) is 0 Å². The summed E-state index contributed by atoms with van der Waals surface area (Å²) in [6.45, 7) is 8.04. The largest absolute Gasteiger partial charge is 0.285 e. The van der Waals surface area contributed by atoms with Crippen LogP contribution in [0.3, 0.4) is 0 Å². The third-order valence-corrected chi connectivity index (χ3v) is 4.37. The van der Waals surface area contributed by atoms with E-state index in [0.29, 0.717) is 5.92 Å². The minimum atomic E-state index is -0.380. The Bertz CT molecular complexity index is 649. The Hall–Kier alpha value is -2.13. The van der Waals surface area contributed by atoms with Gasteiger partial charge in [-0.05, 0) is 42.9 Å². The number of rotatable bonds is 6. The molecule has 2 unspecified atom stereocenters. The van der Waals surface area contributed by atoms with Crippen LogP contribution in [-0.4, -0.2) is 16.2 Å². The van der Waals surface area contributed by atoms with E-state index in [2.05, 4.69) is 26.0 Å². The Morgan fingerprint density at radius 1 is 0.917 bits per heavy atom. The van der Waals surface area contributed by atoms with Crippen molar-refractivity contribution in [2.75, 3.05) is 0 Å². The molecule has 2 rings (SSSR count). The molecule has 0 fully saturated rings. The van der Waals surface area contributed by atoms with Gasteiger partial charge in [0.1, 0.15) is 0 Å². The molecule has 0 spiro atoms. The molecule has 1 N–H and O–H groups in total. The normalized spacial score (nSPS) is 13.6. The Kier molecular flexibility index (Phi) is 6.16. The summed E-state index contributed by atoms with van der Waals surface area (Å²) in [4.78, 5) is 12.6. The topological polar surface area (TPSA) is 40.5 Å². The number of hydroxylamine groups is 2. The maximum Gasteiger partial charge on any atom is 0.253 e. The van der Waals surface area contributed by atoms with E-state index >= 15 is 0 Å². The zero-order valence-electron chi connectivity index (χ0n) is 14.9. The molecule has 0 aliphatic heterocycles. The van der Waals surface area contributed by atoms with E-state index in [0.717, 1.165) is 22.6 Å². The molecular weight excluding hydrogens is 298 g/mol. The van der Waals surface area contributed by atoms with Gasteiger partial charge in [-0.1, -0.05) is 68.4 Å². The van der Waals surface area contributed by atoms with Gasteiger partial charge in [-0.2, -0.15) is 0 Å². The van der Waals surface area contributed by atoms with Crippen molar-refractivity contribution in [2.45, 2.75) is 46.1 Å². The number of hydrogen-bond donors (Lipinski definition) is 1. The van der Waals surface area contributed by atoms with Crippen LogP contribution in [-0.2, 0) is 11.2 Å². The summed E-state index contributed by atoms with van der Waals surface area (Å²) in [6, 6.07) is 17.3. The van der Waals surface area contributed by atoms with Crippen molar-refractivity contribution in [1.29, 1.82) is 0 Å². The van der Waals surface area contributed by atoms with E-state index in [1.807, 2.05) is 56.3 Å². The first kappa shape index (κ1) is 18.2. The SMILES string of the molecule is CC(C)Cc1ccc(C(C)C(=O)N(O)C(C)c2ccccc2)cc1. The predicted molar refractivity (Wildman–Crippen MR) is 96.9 cm³/mol. The minimum Gasteiger partial charge on any atom is -0.285 e. The molecule has 2 atom stereocenters. The molecule has 2 aromatic carbocycles. The summed E-state index contributed by atoms with van der Waals surface area (Å²) < 4.78 is 0. The van der Waals surface area contributed by atoms with Crippen LogP contribution < -0.4 is 0 Å². The van der Waals surface area contributed by atoms with Gasteiger partial charge in [0.15, 0.2) is 0 Å². The first-order chi connectivity index (χ1) is 11.4. The van der Waals surface area contributed by atoms with Crippen LogP contribution in [0, 0.1) is 5.92 Å². The smallest absolute Gasteiger partial charge is 0.253 e. The Labute approximate surface area is 144 Å². The monoisotopic (exact) mass is 325 g/mol. The minimum absolute atomic E-state index is 0.289. The molecule has 0 bridgehead atoms. The first-order valence-corrected chi connectivity index (χ1v) is 8.56. The molecule has 0 heterocycles. The van der Waals surface area contributed by atoms with E-state index in [4.69, 9.17) is 0 Å². The second-order valence-electron chi connectivity index (χ2n) is 6.83. The van der Waals surface area contributed by atoms with E-state index in [1.54, 1.807) is 0 Å². The van der Waals surface area contributed by atoms with Crippen LogP contribution in [0.4, 0.5) is 0 Å². The summed E-state index contributed by atoms with van der Waals surface area (Å²) in [5.41, 5.74) is 3.10. The van der Waals surface area contributed by atoms with Crippen LogP contribution in [0.2, 0.25) is 0 Å². The second kappa shape index (κ2) is 8.11. The van der Waals surface area contributed by atoms with Crippen molar-refractivity contribution in [3.05, 3.63) is 71.3 Å². The second-order valence-corrected chi connectivity index (χ2v) is 6.83. The van der Waals surface area contributed by atoms with Gasteiger partial charge in [-0.3, -0.25) is 10.0 Å². The number of amides is 1. The average Bonchev–Trinajstić information content (AvgIpc) is 2.60. The van der Waals surface area contributed by atoms with Crippen molar-refractivity contribution in [1.82, 2.24) is 5.06 Å². The molecule has 0 radical (unpaired) electrons. The molecule has 3 heteroatoms. The van der Waals surface area contributed by atoms with Crippen molar-refractivity contribution in [2.24, 2.45) is 5.92 Å². The van der Waals surface area contributed by atoms with Gasteiger partial charge in [-0.15, -0.1) is 0 Å². The van der Waals surface area contributed by atoms with Gasteiger partial charge in [0.25, 0.3) is 5.91 Å². The molecule has 2 aromatic rings. The molecule has 24 heavy (non-hydrogen) atoms. The van der Waals surface area contributed by atoms with Gasteiger partial charge in [-0.25, -0.2) is 5.06 Å². The van der Waals surface area contributed by atoms with Crippen molar-refractivity contribution >= 4 is 5.91 Å². The van der Waals surface area contributed by atoms with E-state index in [1.165, 1.54) is 5.56 Å². The van der Waals surface area contributed by atoms with Crippen molar-refractivity contribution in [3.63, 3.8) is 0 Å². The summed E-state index contributed by atoms with van der Waals surface area (Å²) >= 11 is 0. The molecular formula is C21H27NO2. The molecule has 0 saturated carbocycles. The summed E-state index contributed by atoms with van der Waals surface area (Å²) in [5.74, 6) is -0.0632. The number of hydrogen-bond acceptors (Lipinski definition) is 2. The van der Waals surface area contributed by atoms with Crippen LogP contribution >= 0.6 is 0 Å². The van der Waals surface area contributed by atoms with Crippen molar-refractivity contribution < 1.29 is 10.0 Å². The average molecular weight is 325 g/mol. The molecule has 0 saturated heterocycles. The van der Waals surface area contributed by atoms with E-state index < -0.39 is 0 Å². The van der Waals surface area contributed by atoms with Gasteiger partial charge in [0, 0.05) is 0 Å². The highest BCUT2D eigenvalue weighted by molar-refractivity contribution is 5.82. The number of carbonyl (C=O) groups is 1. The molecule has 128 valence electrons. The molecule has 3 nitrogen and oxygen atoms in total. The lowest BCUT2D eigenvalue weighted by Gasteiger charge is -2.26. The van der Waals surface area contributed by atoms with E-state index in [9.17, 15) is 10.0 Å². The van der Waals surface area contributed by atoms with Gasteiger partial charge in [0.05, 0.1) is 12.0 Å². The lowest BCUT2D eigenvalue weighted by molar-refractivity contribution is -0.176. The molecule has 1 amide bonds. The fourth-order valence-corrected chi connectivity index (χ4v) is 2.82. The molecule has 0 aliphatic rings. The zero-order chi connectivity index (χ0) is 17.7. The lowest BCUT2D eigenvalue weighted by atomic mass is 9.95. The maximum atomic E-state index is 12.6. The number of carbonyl (C=O) groups excluding carboxylic acids is 1. The summed E-state index contributed by atoms with van der Waals surface area (Å²) in [5, 5.41) is 11.2. The Morgan fingerprint density at radius 2 is 1.50 bits per heavy atom. The van der Waals surface area contributed by atoms with Gasteiger partial charge >= 0.3 is 0 Å². The van der Waals surface area contributed by atoms with Crippen LogP contribution in [0.25, 0.3) is 0 Å². The standard InChI is InChI=1S/C21H27NO2/c1-15(2)14-18-10-12-19(13-11-18)16(3)21(23)22(24)17(4)20-8-6-5-7-9-20/h5-13,15-17,24H,14H2,1-4H3. The number of benzene rings is 2. The molecule has 0 aromatic heterocycles. The fraction of sp³-hybridized carbons (Fsp3) is 0.381. The highest BCUT2D eigenvalue weighted by Gasteiger charge is 2.25. The quantitative estimate of drug-likeness (QED) is 0.602. The lowest BCUT2D eigenvalue weighted by Crippen LogP contribution is -2.33. The number of nitrogens with zero attached hydrogens (tertiary/aromatic N) is 1. The summed E-state index contributed by atoms with van der Waals surface area (Å²) in [6.07, 6.45) is 1.03. The maximum absolute atomic E-state index is 12.6. The van der Waals surface area contributed by atoms with Gasteiger partial charge < -0.3 is 0 Å². The Balaban J connectivity index is 2.08. The van der Waals surface area contributed by atoms with E-state index in [-0.39, 0.29) is 17.9 Å². The summed E-state index contributed by atoms with van der Waals surface area (Å²) in [7, 11) is 0. The van der Waals surface area contributed by atoms with Crippen LogP contribution in [0.1, 0.15) is 56.3 Å². The zero-order valence-corrected chi connectivity index (χ0v) is 14.9.